The summed E-state index contributed by atoms with van der Waals surface area (Å²) < 4.78 is 16.7. The summed E-state index contributed by atoms with van der Waals surface area (Å²) in [6, 6.07) is 0. The summed E-state index contributed by atoms with van der Waals surface area (Å²) in [6.45, 7) is 6.45. The third-order valence-corrected chi connectivity index (χ3v) is 11.9. The van der Waals surface area contributed by atoms with E-state index >= 15 is 0 Å². The molecule has 0 N–H and O–H groups in total. The second-order valence-corrected chi connectivity index (χ2v) is 18.5. The lowest BCUT2D eigenvalue weighted by Gasteiger charge is -2.18. The van der Waals surface area contributed by atoms with Crippen molar-refractivity contribution in [2.75, 3.05) is 13.2 Å². The van der Waals surface area contributed by atoms with Gasteiger partial charge in [0.1, 0.15) is 13.2 Å². The molecule has 0 rings (SSSR count). The quantitative estimate of drug-likeness (QED) is 0.0262. The molecule has 1 atom stereocenters. The maximum atomic E-state index is 12.8. The van der Waals surface area contributed by atoms with E-state index in [-0.39, 0.29) is 31.1 Å². The number of carbonyl (C=O) groups is 3. The lowest BCUT2D eigenvalue weighted by atomic mass is 10.1. The number of rotatable bonds is 50. The minimum Gasteiger partial charge on any atom is -0.462 e. The lowest BCUT2D eigenvalue weighted by Crippen LogP contribution is -2.30. The van der Waals surface area contributed by atoms with Crippen LogP contribution in [0.25, 0.3) is 0 Å². The maximum Gasteiger partial charge on any atom is 0.306 e. The molecule has 0 aromatic rings. The highest BCUT2D eigenvalue weighted by Gasteiger charge is 2.19. The highest BCUT2D eigenvalue weighted by atomic mass is 16.6. The monoisotopic (exact) mass is 933 g/mol. The Morgan fingerprint density at radius 3 is 0.925 bits per heavy atom. The van der Waals surface area contributed by atoms with Crippen LogP contribution in [-0.4, -0.2) is 37.2 Å². The van der Waals surface area contributed by atoms with Gasteiger partial charge in [-0.05, 0) is 96.3 Å². The van der Waals surface area contributed by atoms with Crippen LogP contribution < -0.4 is 0 Å². The van der Waals surface area contributed by atoms with Crippen molar-refractivity contribution in [2.45, 2.75) is 271 Å². The average Bonchev–Trinajstić information content (AvgIpc) is 3.33. The van der Waals surface area contributed by atoms with Crippen molar-refractivity contribution in [1.29, 1.82) is 0 Å². The van der Waals surface area contributed by atoms with Crippen LogP contribution in [0.5, 0.6) is 0 Å². The number of hydrogen-bond donors (Lipinski definition) is 0. The predicted molar refractivity (Wildman–Crippen MR) is 288 cm³/mol. The van der Waals surface area contributed by atoms with E-state index in [1.54, 1.807) is 0 Å². The second-order valence-electron chi connectivity index (χ2n) is 18.5. The Kier molecular flexibility index (Phi) is 52.4. The van der Waals surface area contributed by atoms with Crippen molar-refractivity contribution in [1.82, 2.24) is 0 Å². The van der Waals surface area contributed by atoms with E-state index in [0.29, 0.717) is 19.3 Å². The van der Waals surface area contributed by atoms with Crippen molar-refractivity contribution in [3.05, 3.63) is 85.1 Å². The minimum absolute atomic E-state index is 0.0828. The van der Waals surface area contributed by atoms with Crippen LogP contribution in [0.3, 0.4) is 0 Å². The van der Waals surface area contributed by atoms with E-state index in [0.717, 1.165) is 109 Å². The van der Waals surface area contributed by atoms with Gasteiger partial charge in [-0.3, -0.25) is 14.4 Å². The first-order valence-corrected chi connectivity index (χ1v) is 28.1. The SMILES string of the molecule is CC/C=C\C/C=C\C/C=C\C/C=C\C/C=C\C/C=C\CCCCCCCCC(=O)OCC(COC(=O)CCCCCCCC)OC(=O)CCCCCCCCC/C=C\CCCCCCCCC. The number of allylic oxidation sites excluding steroid dienone is 14. The van der Waals surface area contributed by atoms with Crippen LogP contribution >= 0.6 is 0 Å². The van der Waals surface area contributed by atoms with Crippen LogP contribution in [0.15, 0.2) is 85.1 Å². The van der Waals surface area contributed by atoms with Crippen molar-refractivity contribution >= 4 is 17.9 Å². The molecule has 1 unspecified atom stereocenters. The van der Waals surface area contributed by atoms with Crippen molar-refractivity contribution < 1.29 is 28.6 Å². The molecule has 0 fully saturated rings. The highest BCUT2D eigenvalue weighted by molar-refractivity contribution is 5.71. The van der Waals surface area contributed by atoms with E-state index in [1.807, 2.05) is 0 Å². The normalized spacial score (nSPS) is 12.7. The fourth-order valence-electron chi connectivity index (χ4n) is 7.68. The Bertz CT molecular complexity index is 1300. The van der Waals surface area contributed by atoms with E-state index in [2.05, 4.69) is 106 Å². The molecular formula is C61H104O6. The minimum atomic E-state index is -0.782. The first-order valence-electron chi connectivity index (χ1n) is 28.1. The van der Waals surface area contributed by atoms with Gasteiger partial charge < -0.3 is 14.2 Å². The van der Waals surface area contributed by atoms with Gasteiger partial charge in [-0.25, -0.2) is 0 Å². The molecule has 0 saturated heterocycles. The molecule has 0 amide bonds. The first-order chi connectivity index (χ1) is 33.0. The zero-order chi connectivity index (χ0) is 48.6. The molecule has 0 aliphatic heterocycles. The van der Waals surface area contributed by atoms with Crippen LogP contribution in [-0.2, 0) is 28.6 Å². The molecule has 0 aromatic carbocycles. The Morgan fingerprint density at radius 1 is 0.313 bits per heavy atom. The molecule has 0 heterocycles. The topological polar surface area (TPSA) is 78.9 Å². The number of hydrogen-bond acceptors (Lipinski definition) is 6. The van der Waals surface area contributed by atoms with Gasteiger partial charge in [-0.1, -0.05) is 234 Å². The fourth-order valence-corrected chi connectivity index (χ4v) is 7.68. The van der Waals surface area contributed by atoms with Crippen molar-refractivity contribution in [2.24, 2.45) is 0 Å². The summed E-state index contributed by atoms with van der Waals surface area (Å²) in [5.74, 6) is -0.909. The third-order valence-electron chi connectivity index (χ3n) is 11.9. The zero-order valence-electron chi connectivity index (χ0n) is 43.9. The Hall–Kier alpha value is -3.41. The number of carbonyl (C=O) groups excluding carboxylic acids is 3. The van der Waals surface area contributed by atoms with Crippen LogP contribution in [0.4, 0.5) is 0 Å². The smallest absolute Gasteiger partial charge is 0.306 e. The van der Waals surface area contributed by atoms with Gasteiger partial charge in [0.2, 0.25) is 0 Å². The Labute approximate surface area is 414 Å². The van der Waals surface area contributed by atoms with Crippen molar-refractivity contribution in [3.63, 3.8) is 0 Å². The molecule has 0 aliphatic carbocycles. The molecule has 0 spiro atoms. The van der Waals surface area contributed by atoms with Gasteiger partial charge in [0.15, 0.2) is 6.10 Å². The molecule has 0 saturated carbocycles. The van der Waals surface area contributed by atoms with E-state index < -0.39 is 6.10 Å². The second kappa shape index (κ2) is 55.2. The fraction of sp³-hybridized carbons (Fsp3) is 0.721. The standard InChI is InChI=1S/C61H104O6/c1-4-7-10-13-16-18-20-22-24-26-28-29-30-31-32-33-34-36-37-39-41-43-45-48-51-54-60(63)66-57-58(56-65-59(62)53-50-47-15-12-9-6-3)67-61(64)55-52-49-46-44-42-40-38-35-27-25-23-21-19-17-14-11-8-5-2/h7,10,16,18,22,24-25,27-29,31-32,34,36,58H,4-6,8-9,11-15,17,19-21,23,26,30,33,35,37-57H2,1-3H3/b10-7-,18-16-,24-22-,27-25-,29-28-,32-31-,36-34-. The van der Waals surface area contributed by atoms with Gasteiger partial charge >= 0.3 is 17.9 Å². The Morgan fingerprint density at radius 2 is 0.582 bits per heavy atom. The van der Waals surface area contributed by atoms with Crippen LogP contribution in [0.2, 0.25) is 0 Å². The molecule has 0 bridgehead atoms. The summed E-state index contributed by atoms with van der Waals surface area (Å²) in [5.41, 5.74) is 0. The zero-order valence-corrected chi connectivity index (χ0v) is 43.9. The summed E-state index contributed by atoms with van der Waals surface area (Å²) >= 11 is 0. The average molecular weight is 933 g/mol. The molecule has 0 aliphatic rings. The van der Waals surface area contributed by atoms with Crippen molar-refractivity contribution in [3.8, 4) is 0 Å². The third kappa shape index (κ3) is 53.4. The first kappa shape index (κ1) is 63.6. The van der Waals surface area contributed by atoms with E-state index in [4.69, 9.17) is 14.2 Å². The number of esters is 3. The summed E-state index contributed by atoms with van der Waals surface area (Å²) in [4.78, 5) is 37.9. The van der Waals surface area contributed by atoms with Gasteiger partial charge in [0, 0.05) is 19.3 Å². The van der Waals surface area contributed by atoms with Crippen LogP contribution in [0, 0.1) is 0 Å². The Balaban J connectivity index is 4.21. The molecule has 6 nitrogen and oxygen atoms in total. The molecule has 6 heteroatoms. The highest BCUT2D eigenvalue weighted by Crippen LogP contribution is 2.14. The molecule has 0 radical (unpaired) electrons. The maximum absolute atomic E-state index is 12.8. The van der Waals surface area contributed by atoms with E-state index in [1.165, 1.54) is 116 Å². The van der Waals surface area contributed by atoms with Crippen LogP contribution in [0.1, 0.15) is 265 Å². The van der Waals surface area contributed by atoms with Gasteiger partial charge in [0.05, 0.1) is 0 Å². The largest absolute Gasteiger partial charge is 0.462 e. The summed E-state index contributed by atoms with van der Waals surface area (Å²) in [5, 5.41) is 0. The lowest BCUT2D eigenvalue weighted by molar-refractivity contribution is -0.167. The number of unbranched alkanes of at least 4 members (excludes halogenated alkanes) is 25. The number of ether oxygens (including phenoxy) is 3. The molecular weight excluding hydrogens is 829 g/mol. The molecule has 384 valence electrons. The molecule has 0 aromatic heterocycles. The van der Waals surface area contributed by atoms with E-state index in [9.17, 15) is 14.4 Å². The summed E-state index contributed by atoms with van der Waals surface area (Å²) in [6.07, 6.45) is 71.7. The van der Waals surface area contributed by atoms with Gasteiger partial charge in [0.25, 0.3) is 0 Å². The summed E-state index contributed by atoms with van der Waals surface area (Å²) in [7, 11) is 0. The molecule has 67 heavy (non-hydrogen) atoms. The predicted octanol–water partition coefficient (Wildman–Crippen LogP) is 18.8. The van der Waals surface area contributed by atoms with Gasteiger partial charge in [-0.2, -0.15) is 0 Å². The van der Waals surface area contributed by atoms with Gasteiger partial charge in [-0.15, -0.1) is 0 Å².